The number of rotatable bonds is 6. The van der Waals surface area contributed by atoms with E-state index in [-0.39, 0.29) is 24.8 Å². The van der Waals surface area contributed by atoms with Crippen LogP contribution in [-0.2, 0) is 19.3 Å². The third-order valence-electron chi connectivity index (χ3n) is 4.38. The first-order valence-electron chi connectivity index (χ1n) is 9.69. The number of nitrogens with one attached hydrogen (secondary N) is 4. The first kappa shape index (κ1) is 22.7. The number of carbonyl (C=O) groups excluding carboxylic acids is 2. The first-order valence-corrected chi connectivity index (χ1v) is 9.69. The summed E-state index contributed by atoms with van der Waals surface area (Å²) in [5.74, 6) is 0. The van der Waals surface area contributed by atoms with E-state index in [4.69, 9.17) is 0 Å². The second-order valence-electron chi connectivity index (χ2n) is 6.88. The molecule has 0 heterocycles. The van der Waals surface area contributed by atoms with Crippen LogP contribution in [0.4, 0.5) is 34.1 Å². The Bertz CT molecular complexity index is 1070. The zero-order valence-corrected chi connectivity index (χ0v) is 16.9. The van der Waals surface area contributed by atoms with Gasteiger partial charge in [0, 0.05) is 24.5 Å². The number of halogens is 3. The molecule has 0 saturated carbocycles. The van der Waals surface area contributed by atoms with E-state index in [1.54, 1.807) is 24.3 Å². The van der Waals surface area contributed by atoms with Crippen LogP contribution in [-0.4, -0.2) is 12.1 Å². The lowest BCUT2D eigenvalue weighted by atomic mass is 10.1. The summed E-state index contributed by atoms with van der Waals surface area (Å²) in [4.78, 5) is 24.0. The highest BCUT2D eigenvalue weighted by Gasteiger charge is 2.30. The van der Waals surface area contributed by atoms with Crippen molar-refractivity contribution in [1.29, 1.82) is 0 Å². The number of amides is 4. The van der Waals surface area contributed by atoms with Crippen LogP contribution in [0.2, 0.25) is 0 Å². The van der Waals surface area contributed by atoms with Gasteiger partial charge in [-0.3, -0.25) is 0 Å². The van der Waals surface area contributed by atoms with Gasteiger partial charge in [0.2, 0.25) is 0 Å². The highest BCUT2D eigenvalue weighted by Crippen LogP contribution is 2.30. The Morgan fingerprint density at radius 2 is 1.19 bits per heavy atom. The van der Waals surface area contributed by atoms with Crippen molar-refractivity contribution in [2.24, 2.45) is 0 Å². The van der Waals surface area contributed by atoms with Gasteiger partial charge in [0.25, 0.3) is 0 Å². The topological polar surface area (TPSA) is 82.3 Å². The molecule has 0 aliphatic heterocycles. The zero-order chi connectivity index (χ0) is 23.0. The van der Waals surface area contributed by atoms with Gasteiger partial charge in [-0.2, -0.15) is 13.2 Å². The molecule has 4 N–H and O–H groups in total. The van der Waals surface area contributed by atoms with E-state index < -0.39 is 17.8 Å². The minimum atomic E-state index is -4.49. The number of alkyl halides is 3. The van der Waals surface area contributed by atoms with Crippen LogP contribution in [0, 0.1) is 0 Å². The van der Waals surface area contributed by atoms with Crippen molar-refractivity contribution in [2.45, 2.75) is 19.3 Å². The number of urea groups is 2. The maximum Gasteiger partial charge on any atom is 0.416 e. The van der Waals surface area contributed by atoms with Crippen molar-refractivity contribution in [3.63, 3.8) is 0 Å². The molecule has 0 aliphatic rings. The molecule has 6 nitrogen and oxygen atoms in total. The summed E-state index contributed by atoms with van der Waals surface area (Å²) >= 11 is 0. The highest BCUT2D eigenvalue weighted by atomic mass is 19.4. The van der Waals surface area contributed by atoms with Gasteiger partial charge in [0.05, 0.1) is 5.56 Å². The van der Waals surface area contributed by atoms with Gasteiger partial charge in [-0.25, -0.2) is 9.59 Å². The van der Waals surface area contributed by atoms with Gasteiger partial charge >= 0.3 is 18.2 Å². The summed E-state index contributed by atoms with van der Waals surface area (Å²) in [5, 5.41) is 10.5. The molecule has 0 bridgehead atoms. The van der Waals surface area contributed by atoms with E-state index in [0.29, 0.717) is 5.69 Å². The van der Waals surface area contributed by atoms with Crippen LogP contribution < -0.4 is 21.3 Å². The fourth-order valence-corrected chi connectivity index (χ4v) is 2.86. The number of hydrogen-bond donors (Lipinski definition) is 4. The van der Waals surface area contributed by atoms with E-state index >= 15 is 0 Å². The summed E-state index contributed by atoms with van der Waals surface area (Å²) in [6.07, 6.45) is -4.49. The third-order valence-corrected chi connectivity index (χ3v) is 4.38. The summed E-state index contributed by atoms with van der Waals surface area (Å²) in [6, 6.07) is 19.7. The van der Waals surface area contributed by atoms with E-state index in [1.807, 2.05) is 30.3 Å². The van der Waals surface area contributed by atoms with Crippen molar-refractivity contribution < 1.29 is 22.8 Å². The Balaban J connectivity index is 1.48. The molecule has 4 amide bonds. The maximum atomic E-state index is 12.8. The highest BCUT2D eigenvalue weighted by molar-refractivity contribution is 5.89. The fourth-order valence-electron chi connectivity index (χ4n) is 2.86. The van der Waals surface area contributed by atoms with Gasteiger partial charge in [-0.15, -0.1) is 0 Å². The maximum absolute atomic E-state index is 12.8. The number of anilines is 2. The van der Waals surface area contributed by atoms with Crippen LogP contribution in [0.25, 0.3) is 0 Å². The van der Waals surface area contributed by atoms with Crippen LogP contribution in [0.1, 0.15) is 16.7 Å². The Labute approximate surface area is 182 Å². The average Bonchev–Trinajstić information content (AvgIpc) is 2.77. The minimum Gasteiger partial charge on any atom is -0.334 e. The molecule has 0 unspecified atom stereocenters. The van der Waals surface area contributed by atoms with Crippen LogP contribution in [0.3, 0.4) is 0 Å². The van der Waals surface area contributed by atoms with Crippen LogP contribution in [0.5, 0.6) is 0 Å². The predicted octanol–water partition coefficient (Wildman–Crippen LogP) is 5.35. The molecule has 0 saturated heterocycles. The molecule has 0 aliphatic carbocycles. The summed E-state index contributed by atoms with van der Waals surface area (Å²) in [5.41, 5.74) is 1.47. The lowest BCUT2D eigenvalue weighted by Gasteiger charge is -2.11. The average molecular weight is 442 g/mol. The predicted molar refractivity (Wildman–Crippen MR) is 116 cm³/mol. The van der Waals surface area contributed by atoms with Crippen molar-refractivity contribution >= 4 is 23.4 Å². The molecule has 166 valence electrons. The molecule has 3 aromatic carbocycles. The molecule has 0 spiro atoms. The monoisotopic (exact) mass is 442 g/mol. The Hall–Kier alpha value is -4.01. The SMILES string of the molecule is O=C(NCc1cccc(CNC(=O)Nc2cccc(C(F)(F)F)c2)c1)Nc1ccccc1. The fraction of sp³-hybridized carbons (Fsp3) is 0.130. The molecule has 9 heteroatoms. The van der Waals surface area contributed by atoms with Gasteiger partial charge in [-0.1, -0.05) is 48.5 Å². The quantitative estimate of drug-likeness (QED) is 0.415. The van der Waals surface area contributed by atoms with Crippen molar-refractivity contribution in [2.75, 3.05) is 10.6 Å². The molecule has 0 radical (unpaired) electrons. The molecule has 3 aromatic rings. The lowest BCUT2D eigenvalue weighted by molar-refractivity contribution is -0.137. The van der Waals surface area contributed by atoms with Gasteiger partial charge in [-0.05, 0) is 41.5 Å². The summed E-state index contributed by atoms with van der Waals surface area (Å²) in [6.45, 7) is 0.442. The van der Waals surface area contributed by atoms with Crippen LogP contribution in [0.15, 0.2) is 78.9 Å². The Morgan fingerprint density at radius 1 is 0.656 bits per heavy atom. The van der Waals surface area contributed by atoms with Crippen molar-refractivity contribution in [1.82, 2.24) is 10.6 Å². The van der Waals surface area contributed by atoms with Gasteiger partial charge in [0.1, 0.15) is 0 Å². The minimum absolute atomic E-state index is 0.0414. The Morgan fingerprint density at radius 3 is 1.78 bits per heavy atom. The molecule has 0 atom stereocenters. The largest absolute Gasteiger partial charge is 0.416 e. The van der Waals surface area contributed by atoms with E-state index in [2.05, 4.69) is 21.3 Å². The normalized spacial score (nSPS) is 10.8. The summed E-state index contributed by atoms with van der Waals surface area (Å²) < 4.78 is 38.3. The van der Waals surface area contributed by atoms with E-state index in [0.717, 1.165) is 23.3 Å². The number of para-hydroxylation sites is 1. The molecule has 0 aromatic heterocycles. The number of benzene rings is 3. The van der Waals surface area contributed by atoms with Gasteiger partial charge < -0.3 is 21.3 Å². The standard InChI is InChI=1S/C23H21F3N4O2/c24-23(25,26)18-8-5-11-20(13-18)30-22(32)28-15-17-7-4-6-16(12-17)14-27-21(31)29-19-9-2-1-3-10-19/h1-13H,14-15H2,(H2,27,29,31)(H2,28,30,32). The Kier molecular flexibility index (Phi) is 7.33. The zero-order valence-electron chi connectivity index (χ0n) is 16.9. The van der Waals surface area contributed by atoms with Crippen LogP contribution >= 0.6 is 0 Å². The molecule has 0 fully saturated rings. The van der Waals surface area contributed by atoms with E-state index in [1.165, 1.54) is 12.1 Å². The number of hydrogen-bond acceptors (Lipinski definition) is 2. The smallest absolute Gasteiger partial charge is 0.334 e. The summed E-state index contributed by atoms with van der Waals surface area (Å²) in [7, 11) is 0. The molecule has 32 heavy (non-hydrogen) atoms. The van der Waals surface area contributed by atoms with E-state index in [9.17, 15) is 22.8 Å². The molecular formula is C23H21F3N4O2. The van der Waals surface area contributed by atoms with Crippen molar-refractivity contribution in [3.8, 4) is 0 Å². The molecular weight excluding hydrogens is 421 g/mol. The number of carbonyl (C=O) groups is 2. The first-order chi connectivity index (χ1) is 15.3. The lowest BCUT2D eigenvalue weighted by Crippen LogP contribution is -2.29. The third kappa shape index (κ3) is 7.05. The second kappa shape index (κ2) is 10.3. The molecule has 3 rings (SSSR count). The van der Waals surface area contributed by atoms with Crippen molar-refractivity contribution in [3.05, 3.63) is 95.6 Å². The second-order valence-corrected chi connectivity index (χ2v) is 6.88. The van der Waals surface area contributed by atoms with Gasteiger partial charge in [0.15, 0.2) is 0 Å².